The van der Waals surface area contributed by atoms with Gasteiger partial charge >= 0.3 is 6.03 Å². The maximum Gasteiger partial charge on any atom is 0.333 e. The Morgan fingerprint density at radius 3 is 2.08 bits per heavy atom. The van der Waals surface area contributed by atoms with E-state index in [4.69, 9.17) is 4.74 Å². The topological polar surface area (TPSA) is 134 Å². The fourth-order valence-corrected chi connectivity index (χ4v) is 5.94. The largest absolute Gasteiger partial charge is 0.495 e. The van der Waals surface area contributed by atoms with Gasteiger partial charge in [-0.05, 0) is 49.4 Å². The number of carbonyl (C=O) groups excluding carboxylic acids is 1. The average Bonchev–Trinajstić information content (AvgIpc) is 2.85. The van der Waals surface area contributed by atoms with Gasteiger partial charge in [-0.2, -0.15) is 4.31 Å². The third-order valence-corrected chi connectivity index (χ3v) is 8.91. The lowest BCUT2D eigenvalue weighted by Crippen LogP contribution is -2.34. The molecule has 0 bridgehead atoms. The number of aryl methyl sites for hydroxylation is 1. The van der Waals surface area contributed by atoms with Crippen LogP contribution in [0.25, 0.3) is 0 Å². The Hall–Kier alpha value is -3.61. The summed E-state index contributed by atoms with van der Waals surface area (Å²) in [6.45, 7) is 5.78. The van der Waals surface area contributed by atoms with Crippen LogP contribution >= 0.6 is 0 Å². The molecule has 10 nitrogen and oxygen atoms in total. The monoisotopic (exact) mass is 546 g/mol. The molecule has 0 radical (unpaired) electrons. The smallest absolute Gasteiger partial charge is 0.333 e. The summed E-state index contributed by atoms with van der Waals surface area (Å²) in [5, 5.41) is 5.59. The van der Waals surface area contributed by atoms with E-state index in [-0.39, 0.29) is 28.6 Å². The number of urea groups is 1. The van der Waals surface area contributed by atoms with E-state index >= 15 is 0 Å². The van der Waals surface area contributed by atoms with Crippen molar-refractivity contribution in [3.05, 3.63) is 72.3 Å². The number of amides is 2. The SMILES string of the molecule is CCN(CC)S(=O)(=O)c1ccc(Nc2ccccc2OC)c(NC(=O)NS(=O)(=O)c2ccc(C)cc2)c1. The molecule has 3 aromatic rings. The van der Waals surface area contributed by atoms with Gasteiger partial charge in [0.1, 0.15) is 5.75 Å². The van der Waals surface area contributed by atoms with Gasteiger partial charge in [-0.1, -0.05) is 43.7 Å². The van der Waals surface area contributed by atoms with Crippen LogP contribution in [0.5, 0.6) is 5.75 Å². The van der Waals surface area contributed by atoms with Crippen LogP contribution in [0, 0.1) is 6.92 Å². The molecule has 0 heterocycles. The number of ether oxygens (including phenoxy) is 1. The van der Waals surface area contributed by atoms with E-state index in [1.807, 2.05) is 11.6 Å². The maximum absolute atomic E-state index is 13.1. The number of anilines is 3. The molecular formula is C25H30N4O6S2. The van der Waals surface area contributed by atoms with Crippen molar-refractivity contribution in [3.63, 3.8) is 0 Å². The molecule has 0 saturated heterocycles. The van der Waals surface area contributed by atoms with E-state index in [1.165, 1.54) is 41.7 Å². The van der Waals surface area contributed by atoms with Crippen molar-refractivity contribution < 1.29 is 26.4 Å². The standard InChI is InChI=1S/C25H30N4O6S2/c1-5-29(6-2)37(33,34)20-15-16-21(26-22-9-7-8-10-24(22)35-4)23(17-20)27-25(30)28-36(31,32)19-13-11-18(3)12-14-19/h7-17,26H,5-6H2,1-4H3,(H2,27,28,30). The molecule has 3 N–H and O–H groups in total. The number of benzene rings is 3. The van der Waals surface area contributed by atoms with E-state index in [0.29, 0.717) is 17.1 Å². The second-order valence-electron chi connectivity index (χ2n) is 7.99. The summed E-state index contributed by atoms with van der Waals surface area (Å²) in [7, 11) is -6.52. The zero-order valence-electron chi connectivity index (χ0n) is 21.0. The number of para-hydroxylation sites is 2. The molecule has 0 spiro atoms. The Labute approximate surface area is 217 Å². The third kappa shape index (κ3) is 6.59. The Bertz CT molecular complexity index is 1470. The normalized spacial score (nSPS) is 11.7. The molecule has 2 amide bonds. The lowest BCUT2D eigenvalue weighted by atomic mass is 10.2. The molecule has 0 aliphatic heterocycles. The first-order valence-corrected chi connectivity index (χ1v) is 14.4. The van der Waals surface area contributed by atoms with Crippen LogP contribution in [0.15, 0.2) is 76.5 Å². The van der Waals surface area contributed by atoms with Crippen LogP contribution in [0.1, 0.15) is 19.4 Å². The molecule has 0 fully saturated rings. The molecule has 198 valence electrons. The van der Waals surface area contributed by atoms with Crippen molar-refractivity contribution in [2.45, 2.75) is 30.6 Å². The van der Waals surface area contributed by atoms with Crippen LogP contribution in [0.3, 0.4) is 0 Å². The fraction of sp³-hybridized carbons (Fsp3) is 0.240. The summed E-state index contributed by atoms with van der Waals surface area (Å²) in [6.07, 6.45) is 0. The molecule has 3 rings (SSSR count). The van der Waals surface area contributed by atoms with Crippen LogP contribution in [-0.2, 0) is 20.0 Å². The highest BCUT2D eigenvalue weighted by Crippen LogP contribution is 2.33. The van der Waals surface area contributed by atoms with Crippen LogP contribution in [0.2, 0.25) is 0 Å². The Kier molecular flexibility index (Phi) is 8.79. The second kappa shape index (κ2) is 11.6. The molecular weight excluding hydrogens is 516 g/mol. The number of carbonyl (C=O) groups is 1. The summed E-state index contributed by atoms with van der Waals surface area (Å²) in [6, 6.07) is 16.2. The van der Waals surface area contributed by atoms with Crippen molar-refractivity contribution in [1.82, 2.24) is 9.03 Å². The minimum Gasteiger partial charge on any atom is -0.495 e. The molecule has 0 aromatic heterocycles. The Balaban J connectivity index is 1.99. The van der Waals surface area contributed by atoms with E-state index in [9.17, 15) is 21.6 Å². The van der Waals surface area contributed by atoms with Crippen molar-refractivity contribution in [1.29, 1.82) is 0 Å². The van der Waals surface area contributed by atoms with Crippen LogP contribution in [-0.4, -0.2) is 47.4 Å². The predicted octanol–water partition coefficient (Wildman–Crippen LogP) is 4.29. The number of sulfonamides is 2. The molecule has 37 heavy (non-hydrogen) atoms. The van der Waals surface area contributed by atoms with Gasteiger partial charge in [-0.15, -0.1) is 0 Å². The number of hydrogen-bond donors (Lipinski definition) is 3. The molecule has 0 aliphatic rings. The maximum atomic E-state index is 13.1. The first kappa shape index (κ1) is 28.0. The highest BCUT2D eigenvalue weighted by Gasteiger charge is 2.24. The summed E-state index contributed by atoms with van der Waals surface area (Å²) in [5.74, 6) is 0.514. The summed E-state index contributed by atoms with van der Waals surface area (Å²) in [5.41, 5.74) is 1.79. The quantitative estimate of drug-likeness (QED) is 0.345. The van der Waals surface area contributed by atoms with Gasteiger partial charge in [0, 0.05) is 13.1 Å². The number of nitrogens with zero attached hydrogens (tertiary/aromatic N) is 1. The number of hydrogen-bond acceptors (Lipinski definition) is 7. The van der Waals surface area contributed by atoms with E-state index in [2.05, 4.69) is 10.6 Å². The van der Waals surface area contributed by atoms with Gasteiger partial charge in [0.2, 0.25) is 10.0 Å². The lowest BCUT2D eigenvalue weighted by molar-refractivity contribution is 0.256. The molecule has 0 saturated carbocycles. The summed E-state index contributed by atoms with van der Waals surface area (Å²) >= 11 is 0. The fourth-order valence-electron chi connectivity index (χ4n) is 3.55. The molecule has 3 aromatic carbocycles. The summed E-state index contributed by atoms with van der Waals surface area (Å²) < 4.78 is 60.2. The summed E-state index contributed by atoms with van der Waals surface area (Å²) in [4.78, 5) is 12.6. The minimum absolute atomic E-state index is 0.0516. The average molecular weight is 547 g/mol. The first-order chi connectivity index (χ1) is 17.5. The lowest BCUT2D eigenvalue weighted by Gasteiger charge is -2.21. The van der Waals surface area contributed by atoms with E-state index in [1.54, 1.807) is 50.2 Å². The molecule has 0 unspecified atom stereocenters. The van der Waals surface area contributed by atoms with Gasteiger partial charge in [0.05, 0.1) is 34.0 Å². The number of nitrogens with one attached hydrogen (secondary N) is 3. The minimum atomic E-state index is -4.17. The molecule has 0 aliphatic carbocycles. The van der Waals surface area contributed by atoms with Crippen LogP contribution < -0.4 is 20.1 Å². The van der Waals surface area contributed by atoms with E-state index in [0.717, 1.165) is 5.56 Å². The van der Waals surface area contributed by atoms with Gasteiger partial charge in [0.25, 0.3) is 10.0 Å². The molecule has 0 atom stereocenters. The van der Waals surface area contributed by atoms with Gasteiger partial charge in [-0.3, -0.25) is 0 Å². The van der Waals surface area contributed by atoms with Gasteiger partial charge < -0.3 is 15.4 Å². The highest BCUT2D eigenvalue weighted by molar-refractivity contribution is 7.90. The molecule has 12 heteroatoms. The van der Waals surface area contributed by atoms with Crippen LogP contribution in [0.4, 0.5) is 21.9 Å². The van der Waals surface area contributed by atoms with E-state index < -0.39 is 26.1 Å². The van der Waals surface area contributed by atoms with Crippen molar-refractivity contribution in [2.75, 3.05) is 30.8 Å². The number of methoxy groups -OCH3 is 1. The predicted molar refractivity (Wildman–Crippen MR) is 143 cm³/mol. The van der Waals surface area contributed by atoms with Gasteiger partial charge in [-0.25, -0.2) is 26.4 Å². The Morgan fingerprint density at radius 2 is 1.46 bits per heavy atom. The van der Waals surface area contributed by atoms with Gasteiger partial charge in [0.15, 0.2) is 0 Å². The van der Waals surface area contributed by atoms with Crippen molar-refractivity contribution >= 4 is 43.1 Å². The Morgan fingerprint density at radius 1 is 0.838 bits per heavy atom. The van der Waals surface area contributed by atoms with Crippen molar-refractivity contribution in [2.24, 2.45) is 0 Å². The number of rotatable bonds is 10. The third-order valence-electron chi connectivity index (χ3n) is 5.52. The zero-order chi connectivity index (χ0) is 27.2. The first-order valence-electron chi connectivity index (χ1n) is 11.5. The second-order valence-corrected chi connectivity index (χ2v) is 11.6. The zero-order valence-corrected chi connectivity index (χ0v) is 22.6. The highest BCUT2D eigenvalue weighted by atomic mass is 32.2. The van der Waals surface area contributed by atoms with Crippen molar-refractivity contribution in [3.8, 4) is 5.75 Å².